The van der Waals surface area contributed by atoms with Crippen molar-refractivity contribution in [1.29, 1.82) is 0 Å². The van der Waals surface area contributed by atoms with Crippen molar-refractivity contribution in [1.82, 2.24) is 15.2 Å². The summed E-state index contributed by atoms with van der Waals surface area (Å²) < 4.78 is 13.6. The summed E-state index contributed by atoms with van der Waals surface area (Å²) in [5.74, 6) is -0.849. The van der Waals surface area contributed by atoms with Crippen LogP contribution in [0.15, 0.2) is 103 Å². The molecule has 0 aliphatic carbocycles. The second kappa shape index (κ2) is 12.8. The summed E-state index contributed by atoms with van der Waals surface area (Å²) in [4.78, 5) is 32.9. The number of halogens is 2. The molecule has 0 spiro atoms. The van der Waals surface area contributed by atoms with Crippen LogP contribution in [-0.4, -0.2) is 27.7 Å². The SMILES string of the molecule is O=C(NCc1ccncc1)C(Cc1ccccc1)N(Cc1ccc(F)cc1)C(=O)Cc1ccc(Cl)cc1. The van der Waals surface area contributed by atoms with Crippen LogP contribution < -0.4 is 5.32 Å². The van der Waals surface area contributed by atoms with E-state index in [1.165, 1.54) is 12.1 Å². The molecule has 7 heteroatoms. The van der Waals surface area contributed by atoms with Crippen molar-refractivity contribution in [2.24, 2.45) is 0 Å². The molecule has 1 heterocycles. The van der Waals surface area contributed by atoms with Gasteiger partial charge in [0.05, 0.1) is 6.42 Å². The van der Waals surface area contributed by atoms with Gasteiger partial charge in [0, 0.05) is 36.9 Å². The van der Waals surface area contributed by atoms with E-state index in [1.807, 2.05) is 42.5 Å². The van der Waals surface area contributed by atoms with Crippen molar-refractivity contribution in [2.45, 2.75) is 32.0 Å². The van der Waals surface area contributed by atoms with Crippen LogP contribution in [0.1, 0.15) is 22.3 Å². The number of nitrogens with zero attached hydrogens (tertiary/aromatic N) is 2. The minimum atomic E-state index is -0.783. The standard InChI is InChI=1S/C30H27ClFN3O2/c31-26-10-6-23(7-11-26)19-29(36)35(21-25-8-12-27(32)13-9-25)28(18-22-4-2-1-3-5-22)30(37)34-20-24-14-16-33-17-15-24/h1-17,28H,18-21H2,(H,34,37). The zero-order valence-corrected chi connectivity index (χ0v) is 20.9. The van der Waals surface area contributed by atoms with Gasteiger partial charge in [0.1, 0.15) is 11.9 Å². The van der Waals surface area contributed by atoms with Gasteiger partial charge >= 0.3 is 0 Å². The van der Waals surface area contributed by atoms with E-state index in [-0.39, 0.29) is 30.6 Å². The van der Waals surface area contributed by atoms with E-state index in [0.717, 1.165) is 22.3 Å². The van der Waals surface area contributed by atoms with E-state index in [4.69, 9.17) is 11.6 Å². The first kappa shape index (κ1) is 26.0. The zero-order chi connectivity index (χ0) is 26.0. The molecular formula is C30H27ClFN3O2. The Morgan fingerprint density at radius 3 is 2.14 bits per heavy atom. The first-order chi connectivity index (χ1) is 18.0. The number of nitrogens with one attached hydrogen (secondary N) is 1. The van der Waals surface area contributed by atoms with Crippen molar-refractivity contribution in [2.75, 3.05) is 0 Å². The van der Waals surface area contributed by atoms with Gasteiger partial charge in [-0.25, -0.2) is 4.39 Å². The average molecular weight is 516 g/mol. The number of aromatic nitrogens is 1. The molecule has 0 aliphatic heterocycles. The maximum Gasteiger partial charge on any atom is 0.243 e. The molecule has 1 atom stereocenters. The Morgan fingerprint density at radius 1 is 0.811 bits per heavy atom. The predicted octanol–water partition coefficient (Wildman–Crippen LogP) is 5.37. The van der Waals surface area contributed by atoms with Crippen molar-refractivity contribution >= 4 is 23.4 Å². The fraction of sp³-hybridized carbons (Fsp3) is 0.167. The Bertz CT molecular complexity index is 1300. The summed E-state index contributed by atoms with van der Waals surface area (Å²) >= 11 is 6.02. The highest BCUT2D eigenvalue weighted by Crippen LogP contribution is 2.18. The van der Waals surface area contributed by atoms with Crippen molar-refractivity contribution in [3.05, 3.63) is 136 Å². The van der Waals surface area contributed by atoms with Crippen LogP contribution >= 0.6 is 11.6 Å². The van der Waals surface area contributed by atoms with Crippen LogP contribution in [0.2, 0.25) is 5.02 Å². The van der Waals surface area contributed by atoms with Crippen LogP contribution in [0.5, 0.6) is 0 Å². The lowest BCUT2D eigenvalue weighted by molar-refractivity contribution is -0.140. The van der Waals surface area contributed by atoms with Gasteiger partial charge in [0.2, 0.25) is 11.8 Å². The third kappa shape index (κ3) is 7.72. The van der Waals surface area contributed by atoms with Crippen LogP contribution in [0.3, 0.4) is 0 Å². The lowest BCUT2D eigenvalue weighted by atomic mass is 10.0. The summed E-state index contributed by atoms with van der Waals surface area (Å²) in [6, 6.07) is 25.5. The second-order valence-electron chi connectivity index (χ2n) is 8.73. The third-order valence-corrected chi connectivity index (χ3v) is 6.27. The van der Waals surface area contributed by atoms with E-state index in [2.05, 4.69) is 10.3 Å². The van der Waals surface area contributed by atoms with Gasteiger partial charge in [-0.3, -0.25) is 14.6 Å². The molecule has 1 N–H and O–H groups in total. The summed E-state index contributed by atoms with van der Waals surface area (Å²) in [5.41, 5.74) is 3.34. The number of benzene rings is 3. The molecule has 2 amide bonds. The second-order valence-corrected chi connectivity index (χ2v) is 9.17. The van der Waals surface area contributed by atoms with Gasteiger partial charge in [0.25, 0.3) is 0 Å². The van der Waals surface area contributed by atoms with Gasteiger partial charge in [-0.15, -0.1) is 0 Å². The molecule has 1 unspecified atom stereocenters. The summed E-state index contributed by atoms with van der Waals surface area (Å²) in [6.45, 7) is 0.468. The molecular weight excluding hydrogens is 489 g/mol. The fourth-order valence-electron chi connectivity index (χ4n) is 4.03. The van der Waals surface area contributed by atoms with Gasteiger partial charge < -0.3 is 10.2 Å². The van der Waals surface area contributed by atoms with Crippen molar-refractivity contribution in [3.63, 3.8) is 0 Å². The largest absolute Gasteiger partial charge is 0.350 e. The molecule has 0 fully saturated rings. The fourth-order valence-corrected chi connectivity index (χ4v) is 4.15. The quantitative estimate of drug-likeness (QED) is 0.309. The van der Waals surface area contributed by atoms with E-state index < -0.39 is 6.04 Å². The van der Waals surface area contributed by atoms with Crippen molar-refractivity contribution in [3.8, 4) is 0 Å². The minimum absolute atomic E-state index is 0.0985. The van der Waals surface area contributed by atoms with E-state index in [9.17, 15) is 14.0 Å². The predicted molar refractivity (Wildman–Crippen MR) is 142 cm³/mol. The maximum absolute atomic E-state index is 13.7. The molecule has 0 saturated heterocycles. The molecule has 0 bridgehead atoms. The molecule has 37 heavy (non-hydrogen) atoms. The molecule has 3 aromatic carbocycles. The van der Waals surface area contributed by atoms with Gasteiger partial charge in [-0.2, -0.15) is 0 Å². The molecule has 0 saturated carbocycles. The Labute approximate surface area is 220 Å². The molecule has 188 valence electrons. The van der Waals surface area contributed by atoms with Crippen LogP contribution in [0.4, 0.5) is 4.39 Å². The zero-order valence-electron chi connectivity index (χ0n) is 20.2. The smallest absolute Gasteiger partial charge is 0.243 e. The summed E-state index contributed by atoms with van der Waals surface area (Å²) in [7, 11) is 0. The number of rotatable bonds is 10. The first-order valence-electron chi connectivity index (χ1n) is 12.0. The first-order valence-corrected chi connectivity index (χ1v) is 12.3. The Balaban J connectivity index is 1.64. The van der Waals surface area contributed by atoms with Crippen LogP contribution in [-0.2, 0) is 35.5 Å². The average Bonchev–Trinajstić information content (AvgIpc) is 2.92. The number of carbonyl (C=O) groups is 2. The molecule has 0 radical (unpaired) electrons. The van der Waals surface area contributed by atoms with E-state index >= 15 is 0 Å². The Kier molecular flexibility index (Phi) is 9.00. The lowest BCUT2D eigenvalue weighted by Crippen LogP contribution is -2.50. The maximum atomic E-state index is 13.7. The van der Waals surface area contributed by atoms with Crippen LogP contribution in [0, 0.1) is 5.82 Å². The van der Waals surface area contributed by atoms with Gasteiger partial charge in [0.15, 0.2) is 0 Å². The Morgan fingerprint density at radius 2 is 1.46 bits per heavy atom. The van der Waals surface area contributed by atoms with E-state index in [0.29, 0.717) is 18.0 Å². The summed E-state index contributed by atoms with van der Waals surface area (Å²) in [6.07, 6.45) is 3.76. The lowest BCUT2D eigenvalue weighted by Gasteiger charge is -2.31. The number of pyridine rings is 1. The number of amides is 2. The highest BCUT2D eigenvalue weighted by molar-refractivity contribution is 6.30. The molecule has 5 nitrogen and oxygen atoms in total. The third-order valence-electron chi connectivity index (χ3n) is 6.02. The summed E-state index contributed by atoms with van der Waals surface area (Å²) in [5, 5.41) is 3.56. The molecule has 4 aromatic rings. The minimum Gasteiger partial charge on any atom is -0.350 e. The normalized spacial score (nSPS) is 11.5. The van der Waals surface area contributed by atoms with Gasteiger partial charge in [-0.1, -0.05) is 66.2 Å². The van der Waals surface area contributed by atoms with Crippen LogP contribution in [0.25, 0.3) is 0 Å². The number of hydrogen-bond donors (Lipinski definition) is 1. The molecule has 1 aromatic heterocycles. The molecule has 4 rings (SSSR count). The topological polar surface area (TPSA) is 62.3 Å². The van der Waals surface area contributed by atoms with E-state index in [1.54, 1.807) is 53.7 Å². The number of carbonyl (C=O) groups excluding carboxylic acids is 2. The number of hydrogen-bond acceptors (Lipinski definition) is 3. The molecule has 0 aliphatic rings. The highest BCUT2D eigenvalue weighted by atomic mass is 35.5. The van der Waals surface area contributed by atoms with Gasteiger partial charge in [-0.05, 0) is 58.7 Å². The Hall–Kier alpha value is -4.03. The van der Waals surface area contributed by atoms with Crippen molar-refractivity contribution < 1.29 is 14.0 Å². The highest BCUT2D eigenvalue weighted by Gasteiger charge is 2.30. The monoisotopic (exact) mass is 515 g/mol.